The average Bonchev–Trinajstić information content (AvgIpc) is 3.80. The van der Waals surface area contributed by atoms with Crippen molar-refractivity contribution in [3.05, 3.63) is 57.4 Å². The van der Waals surface area contributed by atoms with E-state index >= 15 is 0 Å². The lowest BCUT2D eigenvalue weighted by molar-refractivity contribution is -0.0579. The van der Waals surface area contributed by atoms with Crippen molar-refractivity contribution in [3.8, 4) is 11.6 Å². The molecule has 3 aliphatic rings. The quantitative estimate of drug-likeness (QED) is 0.324. The molecule has 5 heterocycles. The first-order valence-corrected chi connectivity index (χ1v) is 13.6. The molecule has 3 N–H and O–H groups in total. The molecule has 0 amide bonds. The highest BCUT2D eigenvalue weighted by molar-refractivity contribution is 6.33. The SMILES string of the molecule is Cn1c(=O)c2c(c3cc(Nc4nc(N5CCc6ncnc(O)c6C5)ncc4Cl)ccc31)N[C@@H](C1CC1)C(F)(F)CO2. The van der Waals surface area contributed by atoms with Gasteiger partial charge in [0, 0.05) is 31.1 Å². The fraction of sp³-hybridized carbons (Fsp3) is 0.370. The minimum atomic E-state index is -3.13. The predicted molar refractivity (Wildman–Crippen MR) is 149 cm³/mol. The van der Waals surface area contributed by atoms with Gasteiger partial charge in [-0.2, -0.15) is 4.98 Å². The molecule has 4 aromatic rings. The molecule has 14 heteroatoms. The van der Waals surface area contributed by atoms with Gasteiger partial charge in [-0.25, -0.2) is 23.7 Å². The number of benzene rings is 1. The zero-order chi connectivity index (χ0) is 28.5. The molecular weight excluding hydrogens is 558 g/mol. The van der Waals surface area contributed by atoms with E-state index in [0.717, 1.165) is 5.69 Å². The van der Waals surface area contributed by atoms with E-state index in [0.29, 0.717) is 66.3 Å². The van der Waals surface area contributed by atoms with Gasteiger partial charge in [0.1, 0.15) is 11.3 Å². The van der Waals surface area contributed by atoms with Crippen molar-refractivity contribution >= 4 is 45.6 Å². The molecule has 212 valence electrons. The van der Waals surface area contributed by atoms with Crippen LogP contribution in [0.1, 0.15) is 24.1 Å². The van der Waals surface area contributed by atoms with Crippen LogP contribution in [0.3, 0.4) is 0 Å². The normalized spacial score (nSPS) is 19.5. The second kappa shape index (κ2) is 9.40. The molecule has 0 spiro atoms. The van der Waals surface area contributed by atoms with Crippen LogP contribution in [0.4, 0.5) is 31.9 Å². The van der Waals surface area contributed by atoms with Crippen LogP contribution in [0.25, 0.3) is 10.9 Å². The monoisotopic (exact) mass is 582 g/mol. The zero-order valence-corrected chi connectivity index (χ0v) is 22.6. The third-order valence-corrected chi connectivity index (χ3v) is 8.14. The molecule has 1 saturated carbocycles. The van der Waals surface area contributed by atoms with Crippen LogP contribution in [0.5, 0.6) is 11.6 Å². The highest BCUT2D eigenvalue weighted by Crippen LogP contribution is 2.45. The van der Waals surface area contributed by atoms with Crippen molar-refractivity contribution in [2.24, 2.45) is 13.0 Å². The molecule has 1 atom stereocenters. The van der Waals surface area contributed by atoms with E-state index in [2.05, 4.69) is 30.6 Å². The minimum absolute atomic E-state index is 0.0732. The van der Waals surface area contributed by atoms with Crippen LogP contribution in [0.15, 0.2) is 35.5 Å². The molecule has 1 fully saturated rings. The second-order valence-corrected chi connectivity index (χ2v) is 11.0. The van der Waals surface area contributed by atoms with Gasteiger partial charge in [-0.15, -0.1) is 0 Å². The van der Waals surface area contributed by atoms with Crippen LogP contribution in [0, 0.1) is 5.92 Å². The van der Waals surface area contributed by atoms with E-state index in [4.69, 9.17) is 16.3 Å². The zero-order valence-electron chi connectivity index (χ0n) is 21.9. The first-order valence-electron chi connectivity index (χ1n) is 13.2. The maximum atomic E-state index is 15.0. The van der Waals surface area contributed by atoms with Gasteiger partial charge >= 0.3 is 5.92 Å². The van der Waals surface area contributed by atoms with Gasteiger partial charge in [0.2, 0.25) is 17.6 Å². The molecule has 11 nitrogen and oxygen atoms in total. The number of hydrogen-bond donors (Lipinski definition) is 3. The first kappa shape index (κ1) is 25.7. The van der Waals surface area contributed by atoms with E-state index in [1.165, 1.54) is 17.1 Å². The number of rotatable bonds is 4. The van der Waals surface area contributed by atoms with Crippen LogP contribution >= 0.6 is 11.6 Å². The van der Waals surface area contributed by atoms with Gasteiger partial charge in [-0.1, -0.05) is 11.6 Å². The largest absolute Gasteiger partial charge is 0.493 e. The summed E-state index contributed by atoms with van der Waals surface area (Å²) in [6, 6.07) is 4.11. The number of halogens is 3. The minimum Gasteiger partial charge on any atom is -0.493 e. The van der Waals surface area contributed by atoms with Gasteiger partial charge in [-0.3, -0.25) is 4.79 Å². The van der Waals surface area contributed by atoms with E-state index in [1.807, 2.05) is 4.90 Å². The lowest BCUT2D eigenvalue weighted by atomic mass is 10.0. The Morgan fingerprint density at radius 1 is 1.24 bits per heavy atom. The van der Waals surface area contributed by atoms with Gasteiger partial charge in [-0.05, 0) is 37.0 Å². The van der Waals surface area contributed by atoms with E-state index in [1.54, 1.807) is 25.2 Å². The Morgan fingerprint density at radius 2 is 2.07 bits per heavy atom. The summed E-state index contributed by atoms with van der Waals surface area (Å²) in [5, 5.41) is 17.2. The summed E-state index contributed by atoms with van der Waals surface area (Å²) in [6.45, 7) is 0.0495. The lowest BCUT2D eigenvalue weighted by Crippen LogP contribution is -2.44. The maximum absolute atomic E-state index is 15.0. The Morgan fingerprint density at radius 3 is 2.88 bits per heavy atom. The molecule has 0 radical (unpaired) electrons. The number of hydrogen-bond acceptors (Lipinski definition) is 10. The summed E-state index contributed by atoms with van der Waals surface area (Å²) in [5.74, 6) is -2.79. The number of aromatic nitrogens is 5. The van der Waals surface area contributed by atoms with Crippen LogP contribution in [0.2, 0.25) is 5.02 Å². The number of alkyl halides is 2. The van der Waals surface area contributed by atoms with Gasteiger partial charge < -0.3 is 29.9 Å². The Bertz CT molecular complexity index is 1760. The number of anilines is 4. The summed E-state index contributed by atoms with van der Waals surface area (Å²) >= 11 is 6.46. The second-order valence-electron chi connectivity index (χ2n) is 10.6. The number of pyridine rings is 1. The third-order valence-electron chi connectivity index (χ3n) is 7.87. The molecule has 0 bridgehead atoms. The standard InChI is InChI=1S/C27H25ClF2N8O3/c1-37-19-5-4-14(8-15(19)20-21(25(37)40)41-11-27(29,30)22(35-20)13-2-3-13)34-23-17(28)9-31-26(36-23)38-7-6-18-16(10-38)24(39)33-12-32-18/h4-5,8-9,12-13,22,35H,2-3,6-7,10-11H2,1H3,(H,31,34,36)(H,32,33,39)/t22-/m0/s1. The molecule has 1 aromatic carbocycles. The third kappa shape index (κ3) is 4.44. The van der Waals surface area contributed by atoms with Crippen molar-refractivity contribution in [3.63, 3.8) is 0 Å². The van der Waals surface area contributed by atoms with Crippen LogP contribution in [-0.4, -0.2) is 54.7 Å². The molecule has 7 rings (SSSR count). The smallest absolute Gasteiger partial charge is 0.301 e. The lowest BCUT2D eigenvalue weighted by Gasteiger charge is -2.28. The van der Waals surface area contributed by atoms with Crippen molar-refractivity contribution in [1.82, 2.24) is 24.5 Å². The number of nitrogens with one attached hydrogen (secondary N) is 2. The highest BCUT2D eigenvalue weighted by atomic mass is 35.5. The molecular formula is C27H25ClF2N8O3. The summed E-state index contributed by atoms with van der Waals surface area (Å²) in [7, 11) is 1.58. The summed E-state index contributed by atoms with van der Waals surface area (Å²) in [6.07, 6.45) is 4.80. The average molecular weight is 583 g/mol. The Kier molecular flexibility index (Phi) is 5.89. The molecule has 0 saturated heterocycles. The first-order chi connectivity index (χ1) is 19.7. The number of fused-ring (bicyclic) bond motifs is 4. The highest BCUT2D eigenvalue weighted by Gasteiger charge is 2.51. The van der Waals surface area contributed by atoms with Gasteiger partial charge in [0.25, 0.3) is 5.56 Å². The molecule has 41 heavy (non-hydrogen) atoms. The van der Waals surface area contributed by atoms with Crippen molar-refractivity contribution in [1.29, 1.82) is 0 Å². The summed E-state index contributed by atoms with van der Waals surface area (Å²) < 4.78 is 36.8. The Balaban J connectivity index is 1.24. The molecule has 3 aromatic heterocycles. The van der Waals surface area contributed by atoms with Crippen molar-refractivity contribution in [2.45, 2.75) is 37.8 Å². The van der Waals surface area contributed by atoms with Gasteiger partial charge in [0.05, 0.1) is 41.2 Å². The summed E-state index contributed by atoms with van der Waals surface area (Å²) in [4.78, 5) is 32.1. The fourth-order valence-corrected chi connectivity index (χ4v) is 5.66. The Labute approximate surface area is 237 Å². The molecule has 1 aliphatic carbocycles. The van der Waals surface area contributed by atoms with Crippen molar-refractivity contribution in [2.75, 3.05) is 28.7 Å². The van der Waals surface area contributed by atoms with Crippen LogP contribution in [-0.2, 0) is 20.0 Å². The van der Waals surface area contributed by atoms with Crippen molar-refractivity contribution < 1.29 is 18.6 Å². The number of aromatic hydroxyl groups is 1. The predicted octanol–water partition coefficient (Wildman–Crippen LogP) is 4.00. The van der Waals surface area contributed by atoms with Crippen LogP contribution < -0.4 is 25.8 Å². The van der Waals surface area contributed by atoms with E-state index in [9.17, 15) is 18.7 Å². The Hall–Kier alpha value is -4.26. The topological polar surface area (TPSA) is 130 Å². The number of aryl methyl sites for hydroxylation is 1. The molecule has 0 unspecified atom stereocenters. The fourth-order valence-electron chi connectivity index (χ4n) is 5.52. The number of ether oxygens (including phenoxy) is 1. The maximum Gasteiger partial charge on any atom is 0.301 e. The van der Waals surface area contributed by atoms with E-state index in [-0.39, 0.29) is 28.3 Å². The number of nitrogens with zero attached hydrogens (tertiary/aromatic N) is 6. The summed E-state index contributed by atoms with van der Waals surface area (Å²) in [5.41, 5.74) is 2.29. The molecule has 2 aliphatic heterocycles. The van der Waals surface area contributed by atoms with E-state index < -0.39 is 24.1 Å². The van der Waals surface area contributed by atoms with Gasteiger partial charge in [0.15, 0.2) is 12.4 Å².